The van der Waals surface area contributed by atoms with E-state index in [2.05, 4.69) is 14.4 Å². The number of fused-ring (bicyclic) bond motifs is 1. The molecule has 0 saturated carbocycles. The van der Waals surface area contributed by atoms with Crippen LogP contribution in [0.2, 0.25) is 0 Å². The molecule has 0 unspecified atom stereocenters. The monoisotopic (exact) mass is 380 g/mol. The van der Waals surface area contributed by atoms with E-state index < -0.39 is 5.60 Å². The quantitative estimate of drug-likeness (QED) is 0.709. The van der Waals surface area contributed by atoms with Crippen molar-refractivity contribution in [1.29, 1.82) is 0 Å². The van der Waals surface area contributed by atoms with Crippen molar-refractivity contribution >= 4 is 17.0 Å². The predicted molar refractivity (Wildman–Crippen MR) is 111 cm³/mol. The number of aromatic nitrogens is 2. The van der Waals surface area contributed by atoms with E-state index in [-0.39, 0.29) is 12.6 Å². The molecule has 0 spiro atoms. The van der Waals surface area contributed by atoms with Gasteiger partial charge in [-0.2, -0.15) is 0 Å². The Hall–Kier alpha value is -2.41. The first-order valence-electron chi connectivity index (χ1n) is 9.80. The van der Waals surface area contributed by atoms with Crippen molar-refractivity contribution in [2.24, 2.45) is 0 Å². The number of nitrogens with zero attached hydrogens (tertiary/aromatic N) is 4. The van der Waals surface area contributed by atoms with Gasteiger partial charge in [-0.05, 0) is 38.2 Å². The van der Waals surface area contributed by atoms with Gasteiger partial charge in [0.15, 0.2) is 0 Å². The number of likely N-dealkylation sites (N-methyl/N-ethyl adjacent to an activating group) is 1. The zero-order valence-electron chi connectivity index (χ0n) is 16.5. The zero-order chi connectivity index (χ0) is 19.7. The minimum atomic E-state index is -0.908. The average molecular weight is 380 g/mol. The summed E-state index contributed by atoms with van der Waals surface area (Å²) in [6.45, 7) is 1.92. The minimum absolute atomic E-state index is 0.0618. The Labute approximate surface area is 165 Å². The summed E-state index contributed by atoms with van der Waals surface area (Å²) >= 11 is 0. The molecule has 6 nitrogen and oxygen atoms in total. The first kappa shape index (κ1) is 18.9. The van der Waals surface area contributed by atoms with Gasteiger partial charge in [-0.15, -0.1) is 0 Å². The van der Waals surface area contributed by atoms with Crippen molar-refractivity contribution in [2.75, 3.05) is 38.7 Å². The Balaban J connectivity index is 1.71. The van der Waals surface area contributed by atoms with Gasteiger partial charge in [-0.3, -0.25) is 0 Å². The molecule has 2 atom stereocenters. The molecule has 1 aliphatic rings. The fraction of sp³-hybridized carbons (Fsp3) is 0.409. The van der Waals surface area contributed by atoms with E-state index in [4.69, 9.17) is 4.98 Å². The van der Waals surface area contributed by atoms with Gasteiger partial charge in [0, 0.05) is 19.6 Å². The van der Waals surface area contributed by atoms with Crippen molar-refractivity contribution in [3.05, 3.63) is 60.2 Å². The van der Waals surface area contributed by atoms with Crippen LogP contribution >= 0.6 is 0 Å². The third-order valence-electron chi connectivity index (χ3n) is 5.85. The smallest absolute Gasteiger partial charge is 0.206 e. The van der Waals surface area contributed by atoms with Crippen LogP contribution in [0.15, 0.2) is 54.6 Å². The maximum absolute atomic E-state index is 11.6. The lowest BCUT2D eigenvalue weighted by atomic mass is 9.80. The summed E-state index contributed by atoms with van der Waals surface area (Å²) in [6, 6.07) is 17.9. The van der Waals surface area contributed by atoms with Gasteiger partial charge in [-0.25, -0.2) is 4.98 Å². The van der Waals surface area contributed by atoms with E-state index in [1.807, 2.05) is 68.7 Å². The molecule has 3 aromatic rings. The molecule has 1 aromatic heterocycles. The number of aliphatic hydroxyl groups excluding tert-OH is 1. The Morgan fingerprint density at radius 2 is 1.82 bits per heavy atom. The molecule has 6 heteroatoms. The number of piperidine rings is 1. The maximum atomic E-state index is 11.6. The Morgan fingerprint density at radius 1 is 1.11 bits per heavy atom. The van der Waals surface area contributed by atoms with Crippen molar-refractivity contribution in [3.8, 4) is 0 Å². The second kappa shape index (κ2) is 7.54. The van der Waals surface area contributed by atoms with Crippen molar-refractivity contribution in [2.45, 2.75) is 24.6 Å². The normalized spacial score (nSPS) is 22.9. The van der Waals surface area contributed by atoms with E-state index in [0.717, 1.165) is 22.5 Å². The van der Waals surface area contributed by atoms with Gasteiger partial charge in [0.25, 0.3) is 0 Å². The lowest BCUT2D eigenvalue weighted by molar-refractivity contribution is -0.0529. The van der Waals surface area contributed by atoms with Gasteiger partial charge in [0.1, 0.15) is 5.60 Å². The fourth-order valence-corrected chi connectivity index (χ4v) is 4.38. The second-order valence-electron chi connectivity index (χ2n) is 7.74. The molecule has 0 aliphatic carbocycles. The topological polar surface area (TPSA) is 64.8 Å². The number of hydrogen-bond acceptors (Lipinski definition) is 5. The van der Waals surface area contributed by atoms with E-state index in [1.165, 1.54) is 0 Å². The SMILES string of the molecule is CN(C)[C@@H]1CN(c2nc3ccccc3n2CCO)CC[C@]1(O)c1ccccc1. The number of rotatable bonds is 5. The Kier molecular flexibility index (Phi) is 5.10. The van der Waals surface area contributed by atoms with Crippen molar-refractivity contribution in [1.82, 2.24) is 14.5 Å². The molecule has 0 amide bonds. The Morgan fingerprint density at radius 3 is 2.54 bits per heavy atom. The van der Waals surface area contributed by atoms with Crippen LogP contribution in [0.4, 0.5) is 5.95 Å². The molecule has 0 radical (unpaired) electrons. The highest BCUT2D eigenvalue weighted by molar-refractivity contribution is 5.78. The van der Waals surface area contributed by atoms with E-state index >= 15 is 0 Å². The Bertz CT molecular complexity index is 940. The zero-order valence-corrected chi connectivity index (χ0v) is 16.5. The second-order valence-corrected chi connectivity index (χ2v) is 7.74. The van der Waals surface area contributed by atoms with Gasteiger partial charge < -0.3 is 24.6 Å². The minimum Gasteiger partial charge on any atom is -0.395 e. The highest BCUT2D eigenvalue weighted by atomic mass is 16.3. The first-order chi connectivity index (χ1) is 13.5. The van der Waals surface area contributed by atoms with Crippen LogP contribution in [0.3, 0.4) is 0 Å². The molecule has 1 saturated heterocycles. The number of imidazole rings is 1. The number of para-hydroxylation sites is 2. The van der Waals surface area contributed by atoms with E-state index in [9.17, 15) is 10.2 Å². The summed E-state index contributed by atoms with van der Waals surface area (Å²) in [7, 11) is 4.03. The third kappa shape index (κ3) is 3.17. The average Bonchev–Trinajstić information content (AvgIpc) is 3.08. The summed E-state index contributed by atoms with van der Waals surface area (Å²) in [5.41, 5.74) is 2.00. The molecule has 4 rings (SSSR count). The molecule has 28 heavy (non-hydrogen) atoms. The lowest BCUT2D eigenvalue weighted by Gasteiger charge is -2.48. The van der Waals surface area contributed by atoms with Gasteiger partial charge >= 0.3 is 0 Å². The van der Waals surface area contributed by atoms with Crippen LogP contribution in [0.1, 0.15) is 12.0 Å². The molecule has 0 bridgehead atoms. The molecule has 2 N–H and O–H groups in total. The largest absolute Gasteiger partial charge is 0.395 e. The summed E-state index contributed by atoms with van der Waals surface area (Å²) in [5, 5.41) is 21.2. The summed E-state index contributed by atoms with van der Waals surface area (Å²) in [6.07, 6.45) is 0.613. The first-order valence-corrected chi connectivity index (χ1v) is 9.80. The van der Waals surface area contributed by atoms with Crippen LogP contribution in [0, 0.1) is 0 Å². The fourth-order valence-electron chi connectivity index (χ4n) is 4.38. The molecular formula is C22H28N4O2. The molecule has 1 fully saturated rings. The molecule has 2 aromatic carbocycles. The lowest BCUT2D eigenvalue weighted by Crippen LogP contribution is -2.59. The molecule has 1 aliphatic heterocycles. The van der Waals surface area contributed by atoms with Crippen LogP contribution < -0.4 is 4.90 Å². The summed E-state index contributed by atoms with van der Waals surface area (Å²) in [5.74, 6) is 0.859. The van der Waals surface area contributed by atoms with Crippen LogP contribution in [-0.4, -0.2) is 64.5 Å². The summed E-state index contributed by atoms with van der Waals surface area (Å²) < 4.78 is 2.08. The molecule has 148 valence electrons. The predicted octanol–water partition coefficient (Wildman–Crippen LogP) is 2.06. The number of hydrogen-bond donors (Lipinski definition) is 2. The van der Waals surface area contributed by atoms with Gasteiger partial charge in [0.05, 0.1) is 23.7 Å². The van der Waals surface area contributed by atoms with E-state index in [1.54, 1.807) is 0 Å². The van der Waals surface area contributed by atoms with Crippen LogP contribution in [0.5, 0.6) is 0 Å². The maximum Gasteiger partial charge on any atom is 0.206 e. The highest BCUT2D eigenvalue weighted by Gasteiger charge is 2.44. The summed E-state index contributed by atoms with van der Waals surface area (Å²) in [4.78, 5) is 9.18. The third-order valence-corrected chi connectivity index (χ3v) is 5.85. The van der Waals surface area contributed by atoms with Crippen molar-refractivity contribution in [3.63, 3.8) is 0 Å². The van der Waals surface area contributed by atoms with Crippen LogP contribution in [-0.2, 0) is 12.1 Å². The highest BCUT2D eigenvalue weighted by Crippen LogP contribution is 2.37. The van der Waals surface area contributed by atoms with Crippen LogP contribution in [0.25, 0.3) is 11.0 Å². The number of aliphatic hydroxyl groups is 2. The number of anilines is 1. The number of benzene rings is 2. The van der Waals surface area contributed by atoms with Gasteiger partial charge in [-0.1, -0.05) is 42.5 Å². The molecular weight excluding hydrogens is 352 g/mol. The van der Waals surface area contributed by atoms with Gasteiger partial charge in [0.2, 0.25) is 5.95 Å². The van der Waals surface area contributed by atoms with E-state index in [0.29, 0.717) is 26.1 Å². The standard InChI is InChI=1S/C22H28N4O2/c1-24(2)20-16-25(13-12-22(20,28)17-8-4-3-5-9-17)21-23-18-10-6-7-11-19(18)26(21)14-15-27/h3-11,20,27-28H,12-16H2,1-2H3/t20-,22+/m1/s1. The molecule has 2 heterocycles. The van der Waals surface area contributed by atoms with Crippen molar-refractivity contribution < 1.29 is 10.2 Å².